The van der Waals surface area contributed by atoms with Gasteiger partial charge >= 0.3 is 30.1 Å². The summed E-state index contributed by atoms with van der Waals surface area (Å²) in [5.74, 6) is -0.0273. The van der Waals surface area contributed by atoms with Crippen molar-refractivity contribution < 1.29 is 100 Å². The second-order valence-corrected chi connectivity index (χ2v) is 39.7. The largest absolute Gasteiger partial charge is 0.497 e. The van der Waals surface area contributed by atoms with Crippen molar-refractivity contribution in [1.82, 2.24) is 56.7 Å². The Morgan fingerprint density at radius 3 is 1.10 bits per heavy atom. The monoisotopic (exact) mass is 1880 g/mol. The third kappa shape index (κ3) is 24.1. The summed E-state index contributed by atoms with van der Waals surface area (Å²) in [6, 6.07) is 18.2. The van der Waals surface area contributed by atoms with E-state index in [4.69, 9.17) is 62.3 Å². The standard InChI is InChI=1S/C37H50N4O8.C35H46N4O8.C26H31N3O5.CH4.2ClH/c1-10-22-19-37(22,33(44)47-11-2)40-31(42)28-17-24(20-41(28)32(43)30(35(3,4)5)39-34(45)49-36(6,7)8)48-29-18-26(21-12-13-21)38-27-16-23(46-9)14-15-25(27)29;1-9-20-17-35(20,31(42)43)38-29(40)26-15-22(18-39(26)30(41)28(33(2,3)4)37-32(44)47-34(5,6)7)46-27-16-24(19-10-11-19)36-25-14-21(45-8)12-13-23(25)27;1-4-16-13-26(16,25(31)33-5-2)29-24(30)22-11-18(14-27-22)34-23-12-20(15-6-7-15)28-21-10-17(32-3)8-9-19(21)23;;;/h10,14-16,18,21-22,24,28,30H,1,11-13,17,19-20H2,2-9H3,(H,39,45)(H,40,42);9,12-14,16,19-20,22,26,28H,1,10-11,15,17-18H2,2-8H3,(H,37,44)(H,38,40)(H,42,43);4,8-10,12,15-16,18,22,27H,1,5-7,11,13-14H2,2-3H3,(H,29,30);1H4;2*1H/t22-,24-,28+,30-,37-;20-,22-,26+,28-,35-;16-,18-,22+,26-;;;/m111.../s1. The molecule has 133 heavy (non-hydrogen) atoms. The van der Waals surface area contributed by atoms with E-state index < -0.39 is 141 Å². The number of likely N-dealkylation sites (tertiary alicyclic amines) is 2. The summed E-state index contributed by atoms with van der Waals surface area (Å²) in [7, 11) is 4.84. The molecular weight excluding hydrogens is 1750 g/mol. The maximum absolute atomic E-state index is 14.5. The van der Waals surface area contributed by atoms with Crippen LogP contribution in [0.25, 0.3) is 32.7 Å². The van der Waals surface area contributed by atoms with Gasteiger partial charge in [0, 0.05) is 131 Å². The van der Waals surface area contributed by atoms with E-state index in [1.807, 2.05) is 93.6 Å². The number of amides is 7. The van der Waals surface area contributed by atoms with Gasteiger partial charge in [-0.1, -0.05) is 67.2 Å². The number of alkyl carbamates (subject to hydrolysis) is 2. The molecule has 7 amide bonds. The van der Waals surface area contributed by atoms with Crippen molar-refractivity contribution in [1.29, 1.82) is 0 Å². The van der Waals surface area contributed by atoms with Gasteiger partial charge in [0.2, 0.25) is 29.5 Å². The van der Waals surface area contributed by atoms with Crippen molar-refractivity contribution >= 4 is 117 Å². The van der Waals surface area contributed by atoms with Crippen LogP contribution in [0.4, 0.5) is 9.59 Å². The van der Waals surface area contributed by atoms with E-state index >= 15 is 0 Å². The van der Waals surface area contributed by atoms with Gasteiger partial charge in [0.1, 0.15) is 105 Å². The van der Waals surface area contributed by atoms with Crippen LogP contribution in [0, 0.1) is 28.6 Å². The van der Waals surface area contributed by atoms with Crippen LogP contribution in [-0.4, -0.2) is 220 Å². The summed E-state index contributed by atoms with van der Waals surface area (Å²) >= 11 is 0. The van der Waals surface area contributed by atoms with Gasteiger partial charge in [0.15, 0.2) is 0 Å². The van der Waals surface area contributed by atoms with Crippen LogP contribution in [0.3, 0.4) is 0 Å². The minimum Gasteiger partial charge on any atom is -0.497 e. The number of aliphatic carboxylic acids is 1. The number of ether oxygens (including phenoxy) is 10. The number of nitrogens with one attached hydrogen (secondary N) is 6. The molecule has 34 heteroatoms. The molecule has 6 aliphatic carbocycles. The lowest BCUT2D eigenvalue weighted by atomic mass is 9.85. The maximum Gasteiger partial charge on any atom is 0.408 e. The number of aromatic nitrogens is 3. The Labute approximate surface area is 790 Å². The number of benzene rings is 3. The molecule has 6 heterocycles. The highest BCUT2D eigenvalue weighted by Gasteiger charge is 2.65. The third-order valence-electron chi connectivity index (χ3n) is 25.1. The molecule has 3 aliphatic heterocycles. The van der Waals surface area contributed by atoms with Crippen molar-refractivity contribution in [3.8, 4) is 34.5 Å². The van der Waals surface area contributed by atoms with Crippen molar-refractivity contribution in [2.24, 2.45) is 28.6 Å². The molecule has 0 bridgehead atoms. The lowest BCUT2D eigenvalue weighted by molar-refractivity contribution is -0.150. The average Bonchev–Trinajstić information content (AvgIpc) is 1.60. The molecule has 6 aromatic rings. The number of carboxylic acids is 1. The van der Waals surface area contributed by atoms with Gasteiger partial charge in [-0.05, 0) is 160 Å². The van der Waals surface area contributed by atoms with Crippen LogP contribution in [0.1, 0.15) is 216 Å². The van der Waals surface area contributed by atoms with E-state index in [1.54, 1.807) is 110 Å². The van der Waals surface area contributed by atoms with Crippen LogP contribution in [0.15, 0.2) is 111 Å². The number of hydrogen-bond donors (Lipinski definition) is 7. The predicted molar refractivity (Wildman–Crippen MR) is 506 cm³/mol. The molecule has 7 N–H and O–H groups in total. The molecule has 0 radical (unpaired) electrons. The zero-order valence-corrected chi connectivity index (χ0v) is 80.2. The number of esters is 2. The summed E-state index contributed by atoms with van der Waals surface area (Å²) in [4.78, 5) is 151. The average molecular weight is 1880 g/mol. The van der Waals surface area contributed by atoms with E-state index in [1.165, 1.54) is 15.9 Å². The van der Waals surface area contributed by atoms with Crippen molar-refractivity contribution in [2.45, 2.75) is 276 Å². The summed E-state index contributed by atoms with van der Waals surface area (Å²) in [6.07, 6.45) is 10.2. The number of fused-ring (bicyclic) bond motifs is 3. The molecule has 6 saturated carbocycles. The topological polar surface area (TPSA) is 401 Å². The summed E-state index contributed by atoms with van der Waals surface area (Å²) in [5.41, 5.74) is -1.65. The highest BCUT2D eigenvalue weighted by molar-refractivity contribution is 5.99. The van der Waals surface area contributed by atoms with E-state index in [2.05, 4.69) is 51.6 Å². The van der Waals surface area contributed by atoms with Gasteiger partial charge in [0.25, 0.3) is 0 Å². The van der Waals surface area contributed by atoms with Gasteiger partial charge in [-0.25, -0.2) is 24.0 Å². The SMILES string of the molecule is C.C=C[C@@H]1C[C@]1(NC(=O)[C@@H]1C[C@@H](Oc2cc(C3CC3)nc3cc(OC)ccc23)CN1)C(=O)OCC.C=C[C@@H]1C[C@]1(NC(=O)[C@@H]1C[C@@H](Oc2cc(C3CC3)nc3cc(OC)ccc23)CN1C(=O)[C@@H](NC(=O)OC(C)(C)C)C(C)(C)C)C(=O)O.C=C[C@@H]1C[C@]1(NC(=O)[C@@H]1C[C@@H](Oc2cc(C3CC3)nc3cc(OC)ccc23)CN1C(=O)[C@@H](NC(=O)OC(C)(C)C)C(C)(C)C)C(=O)OCC.Cl.Cl. The molecule has 724 valence electrons. The zero-order chi connectivity index (χ0) is 94.2. The number of nitrogens with zero attached hydrogens (tertiary/aromatic N) is 5. The molecule has 0 spiro atoms. The summed E-state index contributed by atoms with van der Waals surface area (Å²) in [5, 5.41) is 29.7. The lowest BCUT2D eigenvalue weighted by Gasteiger charge is -2.36. The predicted octanol–water partition coefficient (Wildman–Crippen LogP) is 13.9. The number of carboxylic acid groups (broad SMARTS) is 1. The number of halogens is 2. The Balaban J connectivity index is 0.000000208. The molecule has 9 aliphatic rings. The Bertz CT molecular complexity index is 5390. The van der Waals surface area contributed by atoms with Crippen LogP contribution in [-0.2, 0) is 57.3 Å². The summed E-state index contributed by atoms with van der Waals surface area (Å²) in [6.45, 7) is 37.1. The number of carbonyl (C=O) groups is 10. The Hall–Kier alpha value is -11.3. The van der Waals surface area contributed by atoms with E-state index in [0.29, 0.717) is 72.1 Å². The number of methoxy groups -OCH3 is 3. The first-order valence-electron chi connectivity index (χ1n) is 45.1. The first-order valence-corrected chi connectivity index (χ1v) is 45.1. The second-order valence-electron chi connectivity index (χ2n) is 39.7. The van der Waals surface area contributed by atoms with Gasteiger partial charge < -0.3 is 94.2 Å². The molecule has 3 aromatic carbocycles. The second kappa shape index (κ2) is 41.3. The number of hydrogen-bond acceptors (Lipinski definition) is 24. The first-order chi connectivity index (χ1) is 61.4. The minimum atomic E-state index is -1.48. The molecule has 3 saturated heterocycles. The molecule has 0 unspecified atom stereocenters. The summed E-state index contributed by atoms with van der Waals surface area (Å²) < 4.78 is 57.3. The van der Waals surface area contributed by atoms with Crippen LogP contribution in [0.2, 0.25) is 0 Å². The maximum atomic E-state index is 14.5. The minimum absolute atomic E-state index is 0. The van der Waals surface area contributed by atoms with Crippen molar-refractivity contribution in [3.63, 3.8) is 0 Å². The Morgan fingerprint density at radius 2 is 0.805 bits per heavy atom. The fourth-order valence-electron chi connectivity index (χ4n) is 17.2. The molecule has 9 fully saturated rings. The van der Waals surface area contributed by atoms with Gasteiger partial charge in [-0.2, -0.15) is 0 Å². The number of carbonyl (C=O) groups excluding carboxylic acids is 9. The highest BCUT2D eigenvalue weighted by Crippen LogP contribution is 2.51. The van der Waals surface area contributed by atoms with E-state index in [0.717, 1.165) is 94.3 Å². The van der Waals surface area contributed by atoms with Crippen molar-refractivity contribution in [3.05, 3.63) is 128 Å². The van der Waals surface area contributed by atoms with Gasteiger partial charge in [-0.15, -0.1) is 44.6 Å². The molecular formula is C99H133Cl2N11O21. The first kappa shape index (κ1) is 104. The number of pyridine rings is 3. The Kier molecular flexibility index (Phi) is 32.2. The molecule has 32 nitrogen and oxygen atoms in total. The normalized spacial score (nSPS) is 24.7. The number of rotatable bonds is 30. The molecule has 3 aromatic heterocycles. The fraction of sp³-hybridized carbons (Fsp3) is 0.566. The van der Waals surface area contributed by atoms with Gasteiger partial charge in [0.05, 0.1) is 70.2 Å². The van der Waals surface area contributed by atoms with Crippen LogP contribution >= 0.6 is 24.8 Å². The molecule has 15 rings (SSSR count). The van der Waals surface area contributed by atoms with Crippen LogP contribution in [0.5, 0.6) is 34.5 Å². The van der Waals surface area contributed by atoms with Gasteiger partial charge in [-0.3, -0.25) is 38.9 Å². The lowest BCUT2D eigenvalue weighted by Crippen LogP contribution is -2.59. The van der Waals surface area contributed by atoms with E-state index in [-0.39, 0.29) is 102 Å². The highest BCUT2D eigenvalue weighted by atomic mass is 35.5. The van der Waals surface area contributed by atoms with E-state index in [9.17, 15) is 53.1 Å². The quantitative estimate of drug-likeness (QED) is 0.0125. The smallest absolute Gasteiger partial charge is 0.408 e. The van der Waals surface area contributed by atoms with Crippen molar-refractivity contribution in [2.75, 3.05) is 54.2 Å². The zero-order valence-electron chi connectivity index (χ0n) is 78.6. The van der Waals surface area contributed by atoms with Crippen LogP contribution < -0.4 is 60.3 Å². The Morgan fingerprint density at radius 1 is 0.481 bits per heavy atom. The molecule has 14 atom stereocenters. The fourth-order valence-corrected chi connectivity index (χ4v) is 17.2. The third-order valence-corrected chi connectivity index (χ3v) is 25.1.